The largest absolute Gasteiger partial charge is 0.399 e. The number of nitrogens with zero attached hydrogens (tertiary/aromatic N) is 1. The number of rotatable bonds is 3. The zero-order chi connectivity index (χ0) is 14.7. The molecule has 0 aliphatic rings. The van der Waals surface area contributed by atoms with Gasteiger partial charge in [0.25, 0.3) is 5.91 Å². The molecule has 0 heterocycles. The number of benzene rings is 2. The number of carbonyl (C=O) groups is 1. The maximum Gasteiger partial charge on any atom is 0.255 e. The Labute approximate surface area is 117 Å². The fourth-order valence-electron chi connectivity index (χ4n) is 1.74. The third-order valence-electron chi connectivity index (χ3n) is 2.88. The molecule has 0 unspecified atom stereocenters. The van der Waals surface area contributed by atoms with E-state index in [4.69, 9.17) is 5.73 Å². The molecule has 0 radical (unpaired) electrons. The molecule has 4 nitrogen and oxygen atoms in total. The maximum absolute atomic E-state index is 13.5. The Bertz CT molecular complexity index is 624. The van der Waals surface area contributed by atoms with Crippen molar-refractivity contribution >= 4 is 23.0 Å². The van der Waals surface area contributed by atoms with Gasteiger partial charge in [0.15, 0.2) is 0 Å². The van der Waals surface area contributed by atoms with E-state index < -0.39 is 5.82 Å². The molecule has 2 aromatic rings. The van der Waals surface area contributed by atoms with E-state index in [1.807, 2.05) is 31.1 Å². The second-order valence-corrected chi connectivity index (χ2v) is 4.63. The van der Waals surface area contributed by atoms with E-state index >= 15 is 0 Å². The molecule has 5 heteroatoms. The van der Waals surface area contributed by atoms with Crippen molar-refractivity contribution < 1.29 is 9.18 Å². The molecule has 104 valence electrons. The topological polar surface area (TPSA) is 58.4 Å². The smallest absolute Gasteiger partial charge is 0.255 e. The van der Waals surface area contributed by atoms with Crippen LogP contribution in [0.5, 0.6) is 0 Å². The molecule has 2 rings (SSSR count). The summed E-state index contributed by atoms with van der Waals surface area (Å²) in [7, 11) is 3.83. The minimum absolute atomic E-state index is 0.0756. The molecule has 3 N–H and O–H groups in total. The van der Waals surface area contributed by atoms with Gasteiger partial charge in [0, 0.05) is 31.0 Å². The first kappa shape index (κ1) is 13.9. The van der Waals surface area contributed by atoms with Gasteiger partial charge < -0.3 is 16.0 Å². The van der Waals surface area contributed by atoms with E-state index in [0.717, 1.165) is 5.69 Å². The van der Waals surface area contributed by atoms with Gasteiger partial charge in [-0.15, -0.1) is 0 Å². The predicted molar refractivity (Wildman–Crippen MR) is 79.5 cm³/mol. The van der Waals surface area contributed by atoms with E-state index in [9.17, 15) is 9.18 Å². The Morgan fingerprint density at radius 1 is 1.15 bits per heavy atom. The van der Waals surface area contributed by atoms with Crippen LogP contribution >= 0.6 is 0 Å². The molecule has 2 aromatic carbocycles. The number of hydrogen-bond donors (Lipinski definition) is 2. The molecular formula is C15H16FN3O. The molecule has 0 atom stereocenters. The van der Waals surface area contributed by atoms with Crippen molar-refractivity contribution in [2.75, 3.05) is 30.0 Å². The second-order valence-electron chi connectivity index (χ2n) is 4.63. The third kappa shape index (κ3) is 3.06. The summed E-state index contributed by atoms with van der Waals surface area (Å²) in [5.41, 5.74) is 7.48. The number of nitrogens with one attached hydrogen (secondary N) is 1. The van der Waals surface area contributed by atoms with Gasteiger partial charge in [0.2, 0.25) is 0 Å². The number of carbonyl (C=O) groups excluding carboxylic acids is 1. The summed E-state index contributed by atoms with van der Waals surface area (Å²) in [5.74, 6) is -0.891. The average Bonchev–Trinajstić information content (AvgIpc) is 2.43. The second kappa shape index (κ2) is 5.61. The van der Waals surface area contributed by atoms with E-state index in [1.54, 1.807) is 12.1 Å². The summed E-state index contributed by atoms with van der Waals surface area (Å²) in [5, 5.41) is 2.51. The zero-order valence-electron chi connectivity index (χ0n) is 11.4. The van der Waals surface area contributed by atoms with Gasteiger partial charge in [-0.2, -0.15) is 0 Å². The van der Waals surface area contributed by atoms with Crippen LogP contribution in [0.1, 0.15) is 10.4 Å². The van der Waals surface area contributed by atoms with E-state index in [0.29, 0.717) is 11.3 Å². The van der Waals surface area contributed by atoms with Crippen molar-refractivity contribution in [3.63, 3.8) is 0 Å². The normalized spacial score (nSPS) is 10.2. The lowest BCUT2D eigenvalue weighted by Gasteiger charge is -2.13. The first-order valence-electron chi connectivity index (χ1n) is 6.11. The van der Waals surface area contributed by atoms with Crippen molar-refractivity contribution in [1.29, 1.82) is 0 Å². The highest BCUT2D eigenvalue weighted by molar-refractivity contribution is 6.04. The van der Waals surface area contributed by atoms with Crippen LogP contribution < -0.4 is 16.0 Å². The first-order chi connectivity index (χ1) is 9.47. The standard InChI is InChI=1S/C15H16FN3O/c1-19(2)12-6-3-10(4-7-12)15(20)18-14-9-11(17)5-8-13(14)16/h3-9H,17H2,1-2H3,(H,18,20). The molecule has 0 spiro atoms. The molecular weight excluding hydrogens is 257 g/mol. The van der Waals surface area contributed by atoms with Crippen molar-refractivity contribution in [2.45, 2.75) is 0 Å². The fraction of sp³-hybridized carbons (Fsp3) is 0.133. The van der Waals surface area contributed by atoms with Crippen molar-refractivity contribution in [1.82, 2.24) is 0 Å². The summed E-state index contributed by atoms with van der Waals surface area (Å²) < 4.78 is 13.5. The molecule has 20 heavy (non-hydrogen) atoms. The summed E-state index contributed by atoms with van der Waals surface area (Å²) >= 11 is 0. The molecule has 0 bridgehead atoms. The van der Waals surface area contributed by atoms with Crippen LogP contribution in [0.4, 0.5) is 21.5 Å². The molecule has 0 fully saturated rings. The van der Waals surface area contributed by atoms with Gasteiger partial charge >= 0.3 is 0 Å². The SMILES string of the molecule is CN(C)c1ccc(C(=O)Nc2cc(N)ccc2F)cc1. The summed E-state index contributed by atoms with van der Waals surface area (Å²) in [6.07, 6.45) is 0. The minimum atomic E-state index is -0.516. The van der Waals surface area contributed by atoms with Crippen LogP contribution in [0, 0.1) is 5.82 Å². The van der Waals surface area contributed by atoms with Gasteiger partial charge in [0.05, 0.1) is 5.69 Å². The van der Waals surface area contributed by atoms with Crippen molar-refractivity contribution in [3.8, 4) is 0 Å². The van der Waals surface area contributed by atoms with Crippen molar-refractivity contribution in [2.24, 2.45) is 0 Å². The third-order valence-corrected chi connectivity index (χ3v) is 2.88. The van der Waals surface area contributed by atoms with Gasteiger partial charge in [0.1, 0.15) is 5.82 Å². The number of nitrogen functional groups attached to an aromatic ring is 1. The molecule has 0 aromatic heterocycles. The Morgan fingerprint density at radius 3 is 2.40 bits per heavy atom. The highest BCUT2D eigenvalue weighted by atomic mass is 19.1. The molecule has 0 aliphatic carbocycles. The molecule has 0 aliphatic heterocycles. The van der Waals surface area contributed by atoms with Gasteiger partial charge in [-0.1, -0.05) is 0 Å². The summed E-state index contributed by atoms with van der Waals surface area (Å²) in [6.45, 7) is 0. The average molecular weight is 273 g/mol. The zero-order valence-corrected chi connectivity index (χ0v) is 11.4. The van der Waals surface area contributed by atoms with Gasteiger partial charge in [-0.3, -0.25) is 4.79 Å². The Balaban J connectivity index is 2.17. The highest BCUT2D eigenvalue weighted by Crippen LogP contribution is 2.19. The van der Waals surface area contributed by atoms with Crippen LogP contribution in [0.15, 0.2) is 42.5 Å². The number of nitrogens with two attached hydrogens (primary N) is 1. The molecule has 0 saturated carbocycles. The van der Waals surface area contributed by atoms with Crippen LogP contribution in [0.2, 0.25) is 0 Å². The van der Waals surface area contributed by atoms with Crippen LogP contribution in [-0.2, 0) is 0 Å². The van der Waals surface area contributed by atoms with Crippen LogP contribution in [0.3, 0.4) is 0 Å². The van der Waals surface area contributed by atoms with Crippen LogP contribution in [0.25, 0.3) is 0 Å². The lowest BCUT2D eigenvalue weighted by Crippen LogP contribution is -2.14. The van der Waals surface area contributed by atoms with Gasteiger partial charge in [-0.05, 0) is 42.5 Å². The summed E-state index contributed by atoms with van der Waals surface area (Å²) in [6, 6.07) is 11.1. The minimum Gasteiger partial charge on any atom is -0.399 e. The fourth-order valence-corrected chi connectivity index (χ4v) is 1.74. The summed E-state index contributed by atoms with van der Waals surface area (Å²) in [4.78, 5) is 14.0. The maximum atomic E-state index is 13.5. The number of halogens is 1. The van der Waals surface area contributed by atoms with E-state index in [2.05, 4.69) is 5.32 Å². The predicted octanol–water partition coefficient (Wildman–Crippen LogP) is 2.73. The molecule has 1 amide bonds. The lowest BCUT2D eigenvalue weighted by molar-refractivity contribution is 0.102. The lowest BCUT2D eigenvalue weighted by atomic mass is 10.1. The number of anilines is 3. The van der Waals surface area contributed by atoms with E-state index in [-0.39, 0.29) is 11.6 Å². The number of amides is 1. The van der Waals surface area contributed by atoms with E-state index in [1.165, 1.54) is 18.2 Å². The highest BCUT2D eigenvalue weighted by Gasteiger charge is 2.09. The van der Waals surface area contributed by atoms with Crippen LogP contribution in [-0.4, -0.2) is 20.0 Å². The van der Waals surface area contributed by atoms with Crippen molar-refractivity contribution in [3.05, 3.63) is 53.8 Å². The Kier molecular flexibility index (Phi) is 3.89. The quantitative estimate of drug-likeness (QED) is 0.845. The first-order valence-corrected chi connectivity index (χ1v) is 6.11. The molecule has 0 saturated heterocycles. The van der Waals surface area contributed by atoms with Gasteiger partial charge in [-0.25, -0.2) is 4.39 Å². The number of hydrogen-bond acceptors (Lipinski definition) is 3. The Morgan fingerprint density at radius 2 is 1.80 bits per heavy atom. The monoisotopic (exact) mass is 273 g/mol. The Hall–Kier alpha value is -2.56.